The number of rotatable bonds is 2. The highest BCUT2D eigenvalue weighted by molar-refractivity contribution is 5.03. The van der Waals surface area contributed by atoms with Gasteiger partial charge in [-0.05, 0) is 38.8 Å². The van der Waals surface area contributed by atoms with E-state index in [4.69, 9.17) is 0 Å². The van der Waals surface area contributed by atoms with E-state index in [-0.39, 0.29) is 0 Å². The van der Waals surface area contributed by atoms with Crippen molar-refractivity contribution in [1.29, 1.82) is 0 Å². The molecule has 1 saturated carbocycles. The number of nitrogens with zero attached hydrogens (tertiary/aromatic N) is 1. The number of hydrogen-bond donors (Lipinski definition) is 0. The van der Waals surface area contributed by atoms with Crippen molar-refractivity contribution in [2.75, 3.05) is 14.1 Å². The van der Waals surface area contributed by atoms with E-state index in [1.165, 1.54) is 19.3 Å². The molecule has 0 bridgehead atoms. The van der Waals surface area contributed by atoms with Gasteiger partial charge in [0.05, 0.1) is 0 Å². The fourth-order valence-electron chi connectivity index (χ4n) is 1.91. The summed E-state index contributed by atoms with van der Waals surface area (Å²) in [5.74, 6) is 0. The van der Waals surface area contributed by atoms with Crippen molar-refractivity contribution >= 4 is 0 Å². The van der Waals surface area contributed by atoms with Gasteiger partial charge in [0.25, 0.3) is 0 Å². The summed E-state index contributed by atoms with van der Waals surface area (Å²) in [5, 5.41) is 0. The predicted molar refractivity (Wildman–Crippen MR) is 49.7 cm³/mol. The van der Waals surface area contributed by atoms with Crippen LogP contribution in [0, 0.1) is 5.41 Å². The summed E-state index contributed by atoms with van der Waals surface area (Å²) in [6.07, 6.45) is 4.14. The fourth-order valence-corrected chi connectivity index (χ4v) is 1.91. The lowest BCUT2D eigenvalue weighted by Crippen LogP contribution is -2.33. The molecule has 0 aliphatic heterocycles. The highest BCUT2D eigenvalue weighted by Crippen LogP contribution is 2.47. The highest BCUT2D eigenvalue weighted by atomic mass is 15.2. The summed E-state index contributed by atoms with van der Waals surface area (Å²) in [5.41, 5.74) is 1.05. The molecular weight excluding hydrogens is 134 g/mol. The van der Waals surface area contributed by atoms with Crippen LogP contribution in [-0.2, 0) is 0 Å². The van der Waals surface area contributed by atoms with Crippen LogP contribution in [0.3, 0.4) is 0 Å². The molecule has 0 heterocycles. The van der Waals surface area contributed by atoms with Gasteiger partial charge in [-0.2, -0.15) is 0 Å². The van der Waals surface area contributed by atoms with Crippen molar-refractivity contribution in [3.05, 3.63) is 0 Å². The van der Waals surface area contributed by atoms with Crippen LogP contribution in [0.2, 0.25) is 0 Å². The van der Waals surface area contributed by atoms with Crippen LogP contribution in [0.1, 0.15) is 40.0 Å². The van der Waals surface area contributed by atoms with E-state index >= 15 is 0 Å². The smallest absolute Gasteiger partial charge is 0.0209 e. The molecule has 1 aliphatic carbocycles. The molecule has 0 radical (unpaired) electrons. The quantitative estimate of drug-likeness (QED) is 0.592. The third kappa shape index (κ3) is 2.19. The van der Waals surface area contributed by atoms with Crippen LogP contribution in [0.25, 0.3) is 0 Å². The molecule has 0 N–H and O–H groups in total. The Labute approximate surface area is 70.8 Å². The maximum absolute atomic E-state index is 2.40. The van der Waals surface area contributed by atoms with Gasteiger partial charge in [-0.15, -0.1) is 0 Å². The van der Waals surface area contributed by atoms with Crippen molar-refractivity contribution in [3.8, 4) is 0 Å². The Morgan fingerprint density at radius 1 is 1.18 bits per heavy atom. The van der Waals surface area contributed by atoms with E-state index in [1.54, 1.807) is 0 Å². The molecule has 0 atom stereocenters. The Morgan fingerprint density at radius 2 is 1.64 bits per heavy atom. The van der Waals surface area contributed by atoms with E-state index in [0.717, 1.165) is 0 Å². The first-order valence-electron chi connectivity index (χ1n) is 4.53. The standard InChI is InChI=1S/C10H21N/c1-9(2,3)8-10(6-7-10)11(4)5/h6-8H2,1-5H3. The minimum absolute atomic E-state index is 0.487. The zero-order valence-corrected chi connectivity index (χ0v) is 8.57. The average molecular weight is 155 g/mol. The molecule has 11 heavy (non-hydrogen) atoms. The van der Waals surface area contributed by atoms with E-state index in [9.17, 15) is 0 Å². The molecule has 0 aromatic heterocycles. The van der Waals surface area contributed by atoms with Crippen molar-refractivity contribution in [2.24, 2.45) is 5.41 Å². The molecule has 0 unspecified atom stereocenters. The van der Waals surface area contributed by atoms with E-state index in [0.29, 0.717) is 11.0 Å². The Morgan fingerprint density at radius 3 is 1.73 bits per heavy atom. The van der Waals surface area contributed by atoms with E-state index < -0.39 is 0 Å². The van der Waals surface area contributed by atoms with Gasteiger partial charge in [-0.25, -0.2) is 0 Å². The molecular formula is C10H21N. The Hall–Kier alpha value is -0.0400. The molecule has 0 saturated heterocycles. The van der Waals surface area contributed by atoms with Gasteiger partial charge < -0.3 is 4.90 Å². The van der Waals surface area contributed by atoms with Crippen LogP contribution < -0.4 is 0 Å². The zero-order valence-electron chi connectivity index (χ0n) is 8.57. The van der Waals surface area contributed by atoms with E-state index in [1.807, 2.05) is 0 Å². The zero-order chi connectivity index (χ0) is 8.70. The molecule has 0 spiro atoms. The Bertz CT molecular complexity index is 137. The topological polar surface area (TPSA) is 3.24 Å². The highest BCUT2D eigenvalue weighted by Gasteiger charge is 2.46. The van der Waals surface area contributed by atoms with Crippen LogP contribution in [0.5, 0.6) is 0 Å². The Kier molecular flexibility index (Phi) is 2.04. The Balaban J connectivity index is 2.48. The van der Waals surface area contributed by atoms with Crippen LogP contribution in [-0.4, -0.2) is 24.5 Å². The molecule has 66 valence electrons. The van der Waals surface area contributed by atoms with Gasteiger partial charge in [0.1, 0.15) is 0 Å². The van der Waals surface area contributed by atoms with Crippen LogP contribution in [0.4, 0.5) is 0 Å². The third-order valence-electron chi connectivity index (χ3n) is 2.64. The normalized spacial score (nSPS) is 22.4. The summed E-state index contributed by atoms with van der Waals surface area (Å²) in [6.45, 7) is 6.99. The summed E-state index contributed by atoms with van der Waals surface area (Å²) in [4.78, 5) is 2.40. The lowest BCUT2D eigenvalue weighted by Gasteiger charge is -2.30. The first kappa shape index (κ1) is 9.05. The molecule has 1 nitrogen and oxygen atoms in total. The lowest BCUT2D eigenvalue weighted by molar-refractivity contribution is 0.189. The number of hydrogen-bond acceptors (Lipinski definition) is 1. The van der Waals surface area contributed by atoms with Gasteiger partial charge in [0.15, 0.2) is 0 Å². The van der Waals surface area contributed by atoms with Crippen molar-refractivity contribution < 1.29 is 0 Å². The fraction of sp³-hybridized carbons (Fsp3) is 1.00. The monoisotopic (exact) mass is 155 g/mol. The summed E-state index contributed by atoms with van der Waals surface area (Å²) >= 11 is 0. The van der Waals surface area contributed by atoms with Crippen LogP contribution in [0.15, 0.2) is 0 Å². The summed E-state index contributed by atoms with van der Waals surface area (Å²) in [6, 6.07) is 0. The summed E-state index contributed by atoms with van der Waals surface area (Å²) < 4.78 is 0. The van der Waals surface area contributed by atoms with Crippen molar-refractivity contribution in [1.82, 2.24) is 4.90 Å². The lowest BCUT2D eigenvalue weighted by atomic mass is 9.86. The molecule has 0 aromatic rings. The van der Waals surface area contributed by atoms with Crippen molar-refractivity contribution in [2.45, 2.75) is 45.6 Å². The van der Waals surface area contributed by atoms with Gasteiger partial charge in [0.2, 0.25) is 0 Å². The molecule has 1 fully saturated rings. The molecule has 1 heteroatoms. The predicted octanol–water partition coefficient (Wildman–Crippen LogP) is 2.52. The molecule has 1 rings (SSSR count). The van der Waals surface area contributed by atoms with Gasteiger partial charge >= 0.3 is 0 Å². The largest absolute Gasteiger partial charge is 0.304 e. The first-order valence-corrected chi connectivity index (χ1v) is 4.53. The van der Waals surface area contributed by atoms with Crippen LogP contribution >= 0.6 is 0 Å². The minimum atomic E-state index is 0.487. The minimum Gasteiger partial charge on any atom is -0.304 e. The SMILES string of the molecule is CN(C)C1(CC(C)(C)C)CC1. The second kappa shape index (κ2) is 2.48. The summed E-state index contributed by atoms with van der Waals surface area (Å²) in [7, 11) is 4.41. The van der Waals surface area contributed by atoms with Gasteiger partial charge in [-0.3, -0.25) is 0 Å². The third-order valence-corrected chi connectivity index (χ3v) is 2.64. The second-order valence-electron chi connectivity index (χ2n) is 5.36. The molecule has 1 aliphatic rings. The van der Waals surface area contributed by atoms with E-state index in [2.05, 4.69) is 39.8 Å². The molecule has 0 amide bonds. The van der Waals surface area contributed by atoms with Crippen molar-refractivity contribution in [3.63, 3.8) is 0 Å². The van der Waals surface area contributed by atoms with Gasteiger partial charge in [0, 0.05) is 5.54 Å². The average Bonchev–Trinajstić information content (AvgIpc) is 2.43. The maximum Gasteiger partial charge on any atom is 0.0209 e. The second-order valence-corrected chi connectivity index (χ2v) is 5.36. The van der Waals surface area contributed by atoms with Gasteiger partial charge in [-0.1, -0.05) is 20.8 Å². The molecule has 0 aromatic carbocycles. The maximum atomic E-state index is 2.40. The first-order chi connectivity index (χ1) is 4.86.